The third-order valence-electron chi connectivity index (χ3n) is 6.85. The standard InChI is InChI=1S/C28H36FN3O3/c1-6-22-17-25(27(33)32-13-9-7-8-10-20(32)4)30-26(31(22)5)15-18(2)23-12-11-21(16-24(23)29)14-19(3)28(34)35/h11-12,15-17,19-20H,2,6-10,13-14H2,1,3-5H3,(H,34,35)/b26-15-. The van der Waals surface area contributed by atoms with E-state index in [0.717, 1.165) is 37.9 Å². The number of benzene rings is 1. The average Bonchev–Trinajstić information content (AvgIpc) is 3.03. The molecule has 2 atom stereocenters. The highest BCUT2D eigenvalue weighted by molar-refractivity contribution is 6.43. The highest BCUT2D eigenvalue weighted by Gasteiger charge is 2.28. The smallest absolute Gasteiger partial charge is 0.306 e. The van der Waals surface area contributed by atoms with E-state index >= 15 is 0 Å². The Kier molecular flexibility index (Phi) is 8.65. The van der Waals surface area contributed by atoms with Crippen LogP contribution in [0.25, 0.3) is 5.57 Å². The van der Waals surface area contributed by atoms with Crippen LogP contribution in [0.3, 0.4) is 0 Å². The van der Waals surface area contributed by atoms with Crippen molar-refractivity contribution in [2.45, 2.75) is 65.3 Å². The number of halogens is 1. The predicted octanol–water partition coefficient (Wildman–Crippen LogP) is 5.41. The van der Waals surface area contributed by atoms with Gasteiger partial charge in [0.25, 0.3) is 5.91 Å². The molecule has 2 aliphatic rings. The number of rotatable bonds is 7. The van der Waals surface area contributed by atoms with Crippen molar-refractivity contribution in [2.75, 3.05) is 13.6 Å². The van der Waals surface area contributed by atoms with E-state index in [-0.39, 0.29) is 18.4 Å². The van der Waals surface area contributed by atoms with Gasteiger partial charge >= 0.3 is 5.97 Å². The Labute approximate surface area is 207 Å². The Morgan fingerprint density at radius 3 is 2.71 bits per heavy atom. The molecular weight excluding hydrogens is 445 g/mol. The molecule has 35 heavy (non-hydrogen) atoms. The molecule has 1 aromatic rings. The molecular formula is C28H36FN3O3. The Balaban J connectivity index is 1.88. The predicted molar refractivity (Wildman–Crippen MR) is 137 cm³/mol. The van der Waals surface area contributed by atoms with Crippen LogP contribution in [0.15, 0.2) is 53.4 Å². The van der Waals surface area contributed by atoms with Crippen molar-refractivity contribution in [1.82, 2.24) is 9.80 Å². The second-order valence-corrected chi connectivity index (χ2v) is 9.53. The summed E-state index contributed by atoms with van der Waals surface area (Å²) in [4.78, 5) is 33.0. The number of aliphatic imine (C=N–C) groups is 1. The van der Waals surface area contributed by atoms with Gasteiger partial charge in [0.05, 0.1) is 5.92 Å². The lowest BCUT2D eigenvalue weighted by molar-refractivity contribution is -0.141. The summed E-state index contributed by atoms with van der Waals surface area (Å²) in [5.41, 5.74) is 2.70. The van der Waals surface area contributed by atoms with Gasteiger partial charge in [0.15, 0.2) is 0 Å². The number of allylic oxidation sites excluding steroid dienone is 3. The van der Waals surface area contributed by atoms with Gasteiger partial charge in [-0.05, 0) is 62.0 Å². The number of nitrogens with zero attached hydrogens (tertiary/aromatic N) is 3. The van der Waals surface area contributed by atoms with Gasteiger partial charge in [-0.3, -0.25) is 9.59 Å². The van der Waals surface area contributed by atoms with Crippen LogP contribution in [0, 0.1) is 11.7 Å². The lowest BCUT2D eigenvalue weighted by atomic mass is 9.98. The first-order valence-corrected chi connectivity index (χ1v) is 12.4. The number of hydrogen-bond donors (Lipinski definition) is 1. The molecule has 2 aliphatic heterocycles. The van der Waals surface area contributed by atoms with Crippen molar-refractivity contribution in [3.63, 3.8) is 0 Å². The van der Waals surface area contributed by atoms with E-state index in [9.17, 15) is 14.0 Å². The summed E-state index contributed by atoms with van der Waals surface area (Å²) in [5.74, 6) is -1.52. The van der Waals surface area contributed by atoms with Crippen molar-refractivity contribution in [3.8, 4) is 0 Å². The van der Waals surface area contributed by atoms with Gasteiger partial charge < -0.3 is 14.9 Å². The average molecular weight is 482 g/mol. The summed E-state index contributed by atoms with van der Waals surface area (Å²) in [7, 11) is 1.88. The fourth-order valence-electron chi connectivity index (χ4n) is 4.55. The topological polar surface area (TPSA) is 73.2 Å². The van der Waals surface area contributed by atoms with Gasteiger partial charge in [0.1, 0.15) is 17.3 Å². The zero-order chi connectivity index (χ0) is 25.7. The van der Waals surface area contributed by atoms with E-state index in [1.807, 2.05) is 29.8 Å². The molecule has 1 fully saturated rings. The van der Waals surface area contributed by atoms with Gasteiger partial charge in [0.2, 0.25) is 0 Å². The molecule has 6 nitrogen and oxygen atoms in total. The Morgan fingerprint density at radius 1 is 1.31 bits per heavy atom. The molecule has 0 bridgehead atoms. The van der Waals surface area contributed by atoms with Crippen molar-refractivity contribution in [1.29, 1.82) is 0 Å². The van der Waals surface area contributed by atoms with Gasteiger partial charge in [-0.15, -0.1) is 0 Å². The molecule has 0 spiro atoms. The van der Waals surface area contributed by atoms with Crippen molar-refractivity contribution in [3.05, 3.63) is 65.4 Å². The number of likely N-dealkylation sites (tertiary alicyclic amines) is 1. The fraction of sp³-hybridized carbons (Fsp3) is 0.464. The molecule has 2 unspecified atom stereocenters. The van der Waals surface area contributed by atoms with Crippen LogP contribution >= 0.6 is 0 Å². The summed E-state index contributed by atoms with van der Waals surface area (Å²) in [6.45, 7) is 10.5. The molecule has 1 N–H and O–H groups in total. The molecule has 3 rings (SSSR count). The Morgan fingerprint density at radius 2 is 2.06 bits per heavy atom. The van der Waals surface area contributed by atoms with Crippen LogP contribution in [-0.2, 0) is 16.0 Å². The zero-order valence-corrected chi connectivity index (χ0v) is 21.2. The molecule has 0 aromatic heterocycles. The second kappa shape index (κ2) is 11.5. The number of carboxylic acid groups (broad SMARTS) is 1. The summed E-state index contributed by atoms with van der Waals surface area (Å²) < 4.78 is 14.9. The first-order chi connectivity index (χ1) is 16.6. The maximum absolute atomic E-state index is 14.9. The van der Waals surface area contributed by atoms with E-state index in [4.69, 9.17) is 5.11 Å². The van der Waals surface area contributed by atoms with Crippen molar-refractivity contribution in [2.24, 2.45) is 10.9 Å². The van der Waals surface area contributed by atoms with E-state index in [0.29, 0.717) is 34.7 Å². The Bertz CT molecular complexity index is 1090. The molecule has 0 radical (unpaired) electrons. The molecule has 1 saturated heterocycles. The van der Waals surface area contributed by atoms with Gasteiger partial charge in [0, 0.05) is 30.9 Å². The van der Waals surface area contributed by atoms with E-state index in [1.165, 1.54) is 6.07 Å². The number of carbonyl (C=O) groups is 2. The van der Waals surface area contributed by atoms with Crippen LogP contribution < -0.4 is 0 Å². The first-order valence-electron chi connectivity index (χ1n) is 12.4. The summed E-state index contributed by atoms with van der Waals surface area (Å²) in [6.07, 6.45) is 8.74. The fourth-order valence-corrected chi connectivity index (χ4v) is 4.55. The minimum atomic E-state index is -0.915. The van der Waals surface area contributed by atoms with Crippen LogP contribution in [0.1, 0.15) is 64.0 Å². The lowest BCUT2D eigenvalue weighted by Gasteiger charge is -2.31. The molecule has 1 amide bonds. The van der Waals surface area contributed by atoms with Crippen LogP contribution in [0.4, 0.5) is 4.39 Å². The molecule has 0 saturated carbocycles. The number of carbonyl (C=O) groups excluding carboxylic acids is 1. The van der Waals surface area contributed by atoms with Crippen LogP contribution in [-0.4, -0.2) is 52.1 Å². The minimum absolute atomic E-state index is 0.0713. The van der Waals surface area contributed by atoms with E-state index < -0.39 is 17.7 Å². The van der Waals surface area contributed by atoms with Crippen molar-refractivity contribution >= 4 is 23.2 Å². The lowest BCUT2D eigenvalue weighted by Crippen LogP contribution is -2.43. The molecule has 2 heterocycles. The van der Waals surface area contributed by atoms with Crippen LogP contribution in [0.2, 0.25) is 0 Å². The van der Waals surface area contributed by atoms with Crippen LogP contribution in [0.5, 0.6) is 0 Å². The molecule has 7 heteroatoms. The van der Waals surface area contributed by atoms with Crippen molar-refractivity contribution < 1.29 is 19.1 Å². The summed E-state index contributed by atoms with van der Waals surface area (Å²) in [6, 6.07) is 4.87. The molecule has 1 aromatic carbocycles. The van der Waals surface area contributed by atoms with Gasteiger partial charge in [-0.2, -0.15) is 0 Å². The number of aliphatic carboxylic acids is 1. The third-order valence-corrected chi connectivity index (χ3v) is 6.85. The third kappa shape index (κ3) is 6.27. The monoisotopic (exact) mass is 481 g/mol. The zero-order valence-electron chi connectivity index (χ0n) is 21.2. The van der Waals surface area contributed by atoms with Gasteiger partial charge in [-0.25, -0.2) is 9.38 Å². The van der Waals surface area contributed by atoms with Gasteiger partial charge in [-0.1, -0.05) is 45.4 Å². The Hall–Kier alpha value is -3.22. The van der Waals surface area contributed by atoms with E-state index in [1.54, 1.807) is 25.1 Å². The first kappa shape index (κ1) is 26.4. The molecule has 0 aliphatic carbocycles. The second-order valence-electron chi connectivity index (χ2n) is 9.53. The molecule has 188 valence electrons. The maximum Gasteiger partial charge on any atom is 0.306 e. The minimum Gasteiger partial charge on any atom is -0.481 e. The number of amides is 1. The summed E-state index contributed by atoms with van der Waals surface area (Å²) in [5, 5.41) is 9.11. The highest BCUT2D eigenvalue weighted by Crippen LogP contribution is 2.27. The maximum atomic E-state index is 14.9. The van der Waals surface area contributed by atoms with E-state index in [2.05, 4.69) is 18.5 Å². The largest absolute Gasteiger partial charge is 0.481 e. The highest BCUT2D eigenvalue weighted by atomic mass is 19.1. The SMILES string of the molecule is C=C(/C=C1/N=C(C(=O)N2CCCCCC2C)C=C(CC)N1C)c1ccc(CC(C)C(=O)O)cc1F. The normalized spacial score (nSPS) is 20.7. The summed E-state index contributed by atoms with van der Waals surface area (Å²) >= 11 is 0. The number of hydrogen-bond acceptors (Lipinski definition) is 4. The quantitative estimate of drug-likeness (QED) is 0.565. The number of carboxylic acids is 1.